The standard InChI is InChI=1S/C10H9N/c1-3-9-6-4-5-7-10(9)8-11-2/h3-7H,1,8H2. The number of benzene rings is 1. The second-order valence-corrected chi connectivity index (χ2v) is 2.22. The van der Waals surface area contributed by atoms with Crippen molar-refractivity contribution in [3.63, 3.8) is 0 Å². The SMILES string of the molecule is [C-]#[N+]Cc1ccccc1C=C. The van der Waals surface area contributed by atoms with E-state index in [4.69, 9.17) is 6.57 Å². The van der Waals surface area contributed by atoms with Gasteiger partial charge in [0.1, 0.15) is 0 Å². The average Bonchev–Trinajstić information content (AvgIpc) is 2.06. The molecule has 1 heteroatoms. The molecule has 1 aromatic carbocycles. The molecule has 0 N–H and O–H groups in total. The third-order valence-corrected chi connectivity index (χ3v) is 1.52. The molecule has 0 heterocycles. The first-order valence-electron chi connectivity index (χ1n) is 3.42. The molecule has 0 amide bonds. The van der Waals surface area contributed by atoms with Gasteiger partial charge in [0, 0.05) is 5.56 Å². The Morgan fingerprint density at radius 2 is 2.18 bits per heavy atom. The number of hydrogen-bond acceptors (Lipinski definition) is 0. The van der Waals surface area contributed by atoms with Crippen molar-refractivity contribution in [2.24, 2.45) is 0 Å². The highest BCUT2D eigenvalue weighted by Crippen LogP contribution is 2.10. The van der Waals surface area contributed by atoms with Crippen LogP contribution < -0.4 is 0 Å². The lowest BCUT2D eigenvalue weighted by Gasteiger charge is -1.96. The van der Waals surface area contributed by atoms with Crippen LogP contribution in [0, 0.1) is 6.57 Å². The van der Waals surface area contributed by atoms with Gasteiger partial charge in [-0.25, -0.2) is 6.57 Å². The highest BCUT2D eigenvalue weighted by atomic mass is 14.6. The second-order valence-electron chi connectivity index (χ2n) is 2.22. The third-order valence-electron chi connectivity index (χ3n) is 1.52. The van der Waals surface area contributed by atoms with Crippen LogP contribution in [0.4, 0.5) is 0 Å². The highest BCUT2D eigenvalue weighted by molar-refractivity contribution is 5.51. The van der Waals surface area contributed by atoms with E-state index in [9.17, 15) is 0 Å². The van der Waals surface area contributed by atoms with E-state index in [0.717, 1.165) is 11.1 Å². The summed E-state index contributed by atoms with van der Waals surface area (Å²) in [4.78, 5) is 3.32. The summed E-state index contributed by atoms with van der Waals surface area (Å²) in [5.74, 6) is 0. The summed E-state index contributed by atoms with van der Waals surface area (Å²) >= 11 is 0. The van der Waals surface area contributed by atoms with Crippen LogP contribution in [0.1, 0.15) is 11.1 Å². The van der Waals surface area contributed by atoms with Crippen molar-refractivity contribution in [3.8, 4) is 0 Å². The van der Waals surface area contributed by atoms with Crippen molar-refractivity contribution in [2.45, 2.75) is 6.54 Å². The van der Waals surface area contributed by atoms with Crippen LogP contribution in [0.15, 0.2) is 30.8 Å². The molecule has 0 radical (unpaired) electrons. The van der Waals surface area contributed by atoms with E-state index in [0.29, 0.717) is 6.54 Å². The Labute approximate surface area is 66.8 Å². The molecule has 0 atom stereocenters. The molecule has 0 saturated heterocycles. The summed E-state index contributed by atoms with van der Waals surface area (Å²) in [5, 5.41) is 0. The van der Waals surface area contributed by atoms with Crippen molar-refractivity contribution >= 4 is 6.08 Å². The highest BCUT2D eigenvalue weighted by Gasteiger charge is 1.97. The number of hydrogen-bond donors (Lipinski definition) is 0. The maximum Gasteiger partial charge on any atom is 0.240 e. The van der Waals surface area contributed by atoms with Crippen molar-refractivity contribution in [2.75, 3.05) is 0 Å². The Hall–Kier alpha value is -1.55. The first-order chi connectivity index (χ1) is 5.38. The van der Waals surface area contributed by atoms with Gasteiger partial charge in [-0.1, -0.05) is 36.9 Å². The first kappa shape index (κ1) is 7.56. The van der Waals surface area contributed by atoms with Gasteiger partial charge in [-0.2, -0.15) is 0 Å². The van der Waals surface area contributed by atoms with Crippen LogP contribution >= 0.6 is 0 Å². The molecule has 0 bridgehead atoms. The van der Waals surface area contributed by atoms with Gasteiger partial charge in [0.05, 0.1) is 0 Å². The zero-order valence-electron chi connectivity index (χ0n) is 6.25. The first-order valence-corrected chi connectivity index (χ1v) is 3.42. The molecule has 0 aliphatic heterocycles. The minimum Gasteiger partial charge on any atom is -0.312 e. The van der Waals surface area contributed by atoms with E-state index in [1.807, 2.05) is 24.3 Å². The van der Waals surface area contributed by atoms with Crippen LogP contribution in [0.2, 0.25) is 0 Å². The molecule has 0 aliphatic rings. The molecule has 0 saturated carbocycles. The molecular weight excluding hydrogens is 134 g/mol. The predicted molar refractivity (Wildman–Crippen MR) is 46.8 cm³/mol. The summed E-state index contributed by atoms with van der Waals surface area (Å²) in [6, 6.07) is 7.81. The zero-order chi connectivity index (χ0) is 8.10. The van der Waals surface area contributed by atoms with E-state index < -0.39 is 0 Å². The van der Waals surface area contributed by atoms with Gasteiger partial charge in [0.15, 0.2) is 0 Å². The molecule has 11 heavy (non-hydrogen) atoms. The Bertz CT molecular complexity index is 294. The molecule has 1 aromatic rings. The Kier molecular flexibility index (Phi) is 2.46. The van der Waals surface area contributed by atoms with E-state index in [1.54, 1.807) is 6.08 Å². The van der Waals surface area contributed by atoms with Gasteiger partial charge < -0.3 is 4.85 Å². The summed E-state index contributed by atoms with van der Waals surface area (Å²) in [6.07, 6.45) is 1.78. The van der Waals surface area contributed by atoms with Gasteiger partial charge in [0.25, 0.3) is 0 Å². The van der Waals surface area contributed by atoms with Crippen LogP contribution in [0.5, 0.6) is 0 Å². The summed E-state index contributed by atoms with van der Waals surface area (Å²) in [7, 11) is 0. The molecule has 1 nitrogen and oxygen atoms in total. The lowest BCUT2D eigenvalue weighted by atomic mass is 10.1. The molecule has 0 fully saturated rings. The van der Waals surface area contributed by atoms with Crippen molar-refractivity contribution in [1.82, 2.24) is 0 Å². The van der Waals surface area contributed by atoms with Crippen LogP contribution in [0.25, 0.3) is 10.9 Å². The van der Waals surface area contributed by atoms with E-state index in [-0.39, 0.29) is 0 Å². The fraction of sp³-hybridized carbons (Fsp3) is 0.100. The summed E-state index contributed by atoms with van der Waals surface area (Å²) in [5.41, 5.74) is 2.11. The van der Waals surface area contributed by atoms with Gasteiger partial charge in [0.2, 0.25) is 6.54 Å². The van der Waals surface area contributed by atoms with Crippen LogP contribution in [-0.4, -0.2) is 0 Å². The smallest absolute Gasteiger partial charge is 0.240 e. The Morgan fingerprint density at radius 1 is 1.45 bits per heavy atom. The fourth-order valence-corrected chi connectivity index (χ4v) is 0.962. The Morgan fingerprint density at radius 3 is 2.82 bits per heavy atom. The largest absolute Gasteiger partial charge is 0.312 e. The minimum absolute atomic E-state index is 0.447. The fourth-order valence-electron chi connectivity index (χ4n) is 0.962. The van der Waals surface area contributed by atoms with E-state index in [2.05, 4.69) is 11.4 Å². The molecule has 54 valence electrons. The Balaban J connectivity index is 3.04. The quantitative estimate of drug-likeness (QED) is 0.561. The lowest BCUT2D eigenvalue weighted by Crippen LogP contribution is -1.83. The van der Waals surface area contributed by atoms with Crippen LogP contribution in [0.3, 0.4) is 0 Å². The normalized spacial score (nSPS) is 8.64. The van der Waals surface area contributed by atoms with E-state index >= 15 is 0 Å². The number of rotatable bonds is 2. The topological polar surface area (TPSA) is 4.36 Å². The van der Waals surface area contributed by atoms with Gasteiger partial charge in [-0.05, 0) is 5.56 Å². The minimum atomic E-state index is 0.447. The van der Waals surface area contributed by atoms with Crippen molar-refractivity contribution < 1.29 is 0 Å². The molecular formula is C10H9N. The van der Waals surface area contributed by atoms with Gasteiger partial charge in [-0.3, -0.25) is 0 Å². The molecule has 0 spiro atoms. The lowest BCUT2D eigenvalue weighted by molar-refractivity contribution is 1.25. The maximum absolute atomic E-state index is 6.70. The molecule has 0 aliphatic carbocycles. The number of nitrogens with zero attached hydrogens (tertiary/aromatic N) is 1. The summed E-state index contributed by atoms with van der Waals surface area (Å²) < 4.78 is 0. The van der Waals surface area contributed by atoms with Crippen LogP contribution in [-0.2, 0) is 6.54 Å². The summed E-state index contributed by atoms with van der Waals surface area (Å²) in [6.45, 7) is 10.8. The average molecular weight is 143 g/mol. The van der Waals surface area contributed by atoms with Gasteiger partial charge in [-0.15, -0.1) is 0 Å². The monoisotopic (exact) mass is 143 g/mol. The van der Waals surface area contributed by atoms with E-state index in [1.165, 1.54) is 0 Å². The zero-order valence-corrected chi connectivity index (χ0v) is 6.25. The molecule has 0 unspecified atom stereocenters. The molecule has 0 aromatic heterocycles. The second kappa shape index (κ2) is 3.58. The predicted octanol–water partition coefficient (Wildman–Crippen LogP) is 2.75. The van der Waals surface area contributed by atoms with Crippen molar-refractivity contribution in [3.05, 3.63) is 53.4 Å². The third kappa shape index (κ3) is 1.68. The maximum atomic E-state index is 6.70. The van der Waals surface area contributed by atoms with Gasteiger partial charge >= 0.3 is 0 Å². The van der Waals surface area contributed by atoms with Crippen molar-refractivity contribution in [1.29, 1.82) is 0 Å². The molecule has 1 rings (SSSR count).